The van der Waals surface area contributed by atoms with E-state index >= 15 is 0 Å². The third kappa shape index (κ3) is 19.5. The molecular formula is C22H38N3O15P. The third-order valence-electron chi connectivity index (χ3n) is 5.06. The van der Waals surface area contributed by atoms with Crippen LogP contribution >= 0.6 is 7.75 Å². The summed E-state index contributed by atoms with van der Waals surface area (Å²) in [4.78, 5) is 78.7. The second-order valence-corrected chi connectivity index (χ2v) is 10.1. The van der Waals surface area contributed by atoms with Gasteiger partial charge in [-0.1, -0.05) is 6.92 Å². The van der Waals surface area contributed by atoms with Gasteiger partial charge in [-0.3, -0.25) is 23.7 Å². The van der Waals surface area contributed by atoms with Crippen molar-refractivity contribution >= 4 is 43.4 Å². The Morgan fingerprint density at radius 1 is 0.659 bits per heavy atom. The fraction of sp³-hybridized carbons (Fsp3) is 0.727. The van der Waals surface area contributed by atoms with Gasteiger partial charge in [0.15, 0.2) is 0 Å². The van der Waals surface area contributed by atoms with E-state index < -0.39 is 93.9 Å². The summed E-state index contributed by atoms with van der Waals surface area (Å²) in [6, 6.07) is -4.80. The van der Waals surface area contributed by atoms with Crippen LogP contribution < -0.4 is 15.7 Å². The molecule has 0 aromatic rings. The van der Waals surface area contributed by atoms with Crippen LogP contribution in [0.1, 0.15) is 51.9 Å². The predicted molar refractivity (Wildman–Crippen MR) is 137 cm³/mol. The van der Waals surface area contributed by atoms with Crippen LogP contribution in [0.5, 0.6) is 0 Å². The van der Waals surface area contributed by atoms with Gasteiger partial charge in [-0.25, -0.2) is 19.2 Å². The maximum Gasteiger partial charge on any atom is 0.403 e. The predicted octanol–water partition coefficient (Wildman–Crippen LogP) is -0.847. The summed E-state index contributed by atoms with van der Waals surface area (Å²) in [6.07, 6.45) is -1.84. The van der Waals surface area contributed by atoms with Crippen molar-refractivity contribution in [1.29, 1.82) is 0 Å². The highest BCUT2D eigenvalue weighted by molar-refractivity contribution is 7.50. The Bertz CT molecular complexity index is 932. The molecule has 0 aliphatic heterocycles. The van der Waals surface area contributed by atoms with E-state index in [1.165, 1.54) is 0 Å². The van der Waals surface area contributed by atoms with Crippen molar-refractivity contribution in [2.45, 2.75) is 70.0 Å². The van der Waals surface area contributed by atoms with Gasteiger partial charge < -0.3 is 45.4 Å². The number of carbonyl (C=O) groups is 6. The normalized spacial score (nSPS) is 14.7. The van der Waals surface area contributed by atoms with Crippen molar-refractivity contribution in [1.82, 2.24) is 15.7 Å². The lowest BCUT2D eigenvalue weighted by atomic mass is 10.1. The fourth-order valence-corrected chi connectivity index (χ4v) is 4.05. The SMILES string of the molecule is CCCOCCOCCC(=O)N[C@H](CCC(=O)N[C@@H](CCOP(=O)(O)N[C@@H](CCC(=O)O)C(=O)O)C(=O)O)C(=O)O. The Hall–Kier alpha value is -3.15. The molecule has 8 N–H and O–H groups in total. The van der Waals surface area contributed by atoms with Crippen molar-refractivity contribution in [2.75, 3.05) is 33.0 Å². The van der Waals surface area contributed by atoms with E-state index in [0.717, 1.165) is 6.42 Å². The fourth-order valence-electron chi connectivity index (χ4n) is 2.99. The summed E-state index contributed by atoms with van der Waals surface area (Å²) in [5.41, 5.74) is 0. The van der Waals surface area contributed by atoms with Gasteiger partial charge in [-0.2, -0.15) is 0 Å². The Morgan fingerprint density at radius 3 is 1.66 bits per heavy atom. The van der Waals surface area contributed by atoms with Gasteiger partial charge in [-0.05, 0) is 19.3 Å². The summed E-state index contributed by atoms with van der Waals surface area (Å²) >= 11 is 0. The Kier molecular flexibility index (Phi) is 19.1. The van der Waals surface area contributed by atoms with E-state index in [0.29, 0.717) is 13.2 Å². The third-order valence-corrected chi connectivity index (χ3v) is 6.23. The van der Waals surface area contributed by atoms with Crippen molar-refractivity contribution in [3.63, 3.8) is 0 Å². The van der Waals surface area contributed by atoms with Gasteiger partial charge in [-0.15, -0.1) is 0 Å². The molecule has 0 rings (SSSR count). The molecule has 0 saturated heterocycles. The molecule has 2 amide bonds. The van der Waals surface area contributed by atoms with E-state index in [2.05, 4.69) is 15.2 Å². The maximum atomic E-state index is 12.2. The first-order valence-corrected chi connectivity index (χ1v) is 14.2. The van der Waals surface area contributed by atoms with Gasteiger partial charge in [0.05, 0.1) is 26.4 Å². The van der Waals surface area contributed by atoms with E-state index in [4.69, 9.17) is 19.7 Å². The quantitative estimate of drug-likeness (QED) is 0.0458. The second-order valence-electron chi connectivity index (χ2n) is 8.52. The maximum absolute atomic E-state index is 12.2. The standard InChI is InChI=1S/C22H38N3O15P/c1-2-9-38-12-13-39-10-8-18(27)23-14(20(30)31)3-5-17(26)24-15(21(32)33)7-11-40-41(36,37)25-16(22(34)35)4-6-19(28)29/h14-16H,2-13H2,1H3,(H,23,27)(H,24,26)(H,28,29)(H,30,31)(H,32,33)(H,34,35)(H2,25,36,37)/t14-,15+,16+/m1/s1. The van der Waals surface area contributed by atoms with Gasteiger partial charge >= 0.3 is 31.6 Å². The van der Waals surface area contributed by atoms with E-state index in [9.17, 15) is 48.4 Å². The second kappa shape index (κ2) is 20.7. The molecule has 0 aliphatic carbocycles. The van der Waals surface area contributed by atoms with Crippen LogP contribution in [0.4, 0.5) is 0 Å². The molecule has 4 atom stereocenters. The zero-order chi connectivity index (χ0) is 31.4. The first-order chi connectivity index (χ1) is 19.2. The summed E-state index contributed by atoms with van der Waals surface area (Å²) in [6.45, 7) is 2.42. The molecule has 1 unspecified atom stereocenters. The smallest absolute Gasteiger partial charge is 0.403 e. The molecule has 0 aliphatic rings. The average Bonchev–Trinajstić information content (AvgIpc) is 2.87. The highest BCUT2D eigenvalue weighted by atomic mass is 31.2. The molecule has 0 radical (unpaired) electrons. The molecule has 0 spiro atoms. The van der Waals surface area contributed by atoms with Gasteiger partial charge in [0.25, 0.3) is 0 Å². The van der Waals surface area contributed by atoms with Crippen LogP contribution in [0.15, 0.2) is 0 Å². The number of carbonyl (C=O) groups excluding carboxylic acids is 2. The number of rotatable bonds is 25. The number of carboxylic acid groups (broad SMARTS) is 4. The molecule has 41 heavy (non-hydrogen) atoms. The Balaban J connectivity index is 4.66. The van der Waals surface area contributed by atoms with Crippen molar-refractivity contribution in [2.24, 2.45) is 0 Å². The monoisotopic (exact) mass is 615 g/mol. The van der Waals surface area contributed by atoms with Crippen LogP contribution in [0.25, 0.3) is 0 Å². The van der Waals surface area contributed by atoms with Crippen LogP contribution in [0, 0.1) is 0 Å². The Morgan fingerprint density at radius 2 is 1.15 bits per heavy atom. The van der Waals surface area contributed by atoms with E-state index in [1.54, 1.807) is 5.09 Å². The van der Waals surface area contributed by atoms with E-state index in [1.807, 2.05) is 6.92 Å². The van der Waals surface area contributed by atoms with Crippen LogP contribution in [-0.2, 0) is 47.3 Å². The first-order valence-electron chi connectivity index (χ1n) is 12.6. The molecule has 0 saturated carbocycles. The minimum Gasteiger partial charge on any atom is -0.481 e. The molecule has 0 bridgehead atoms. The van der Waals surface area contributed by atoms with Gasteiger partial charge in [0.1, 0.15) is 18.1 Å². The minimum atomic E-state index is -4.80. The number of carboxylic acids is 4. The lowest BCUT2D eigenvalue weighted by Gasteiger charge is -2.20. The molecular weight excluding hydrogens is 577 g/mol. The molecule has 236 valence electrons. The minimum absolute atomic E-state index is 0.0199. The molecule has 0 aromatic carbocycles. The summed E-state index contributed by atoms with van der Waals surface area (Å²) in [5.74, 6) is -7.44. The van der Waals surface area contributed by atoms with Crippen molar-refractivity contribution < 1.29 is 72.6 Å². The highest BCUT2D eigenvalue weighted by Crippen LogP contribution is 2.38. The molecule has 18 nitrogen and oxygen atoms in total. The van der Waals surface area contributed by atoms with Crippen LogP contribution in [0.2, 0.25) is 0 Å². The molecule has 19 heteroatoms. The number of nitrogens with one attached hydrogen (secondary N) is 3. The number of aliphatic carboxylic acids is 4. The van der Waals surface area contributed by atoms with E-state index in [-0.39, 0.29) is 26.1 Å². The summed E-state index contributed by atoms with van der Waals surface area (Å²) < 4.78 is 27.2. The van der Waals surface area contributed by atoms with Gasteiger partial charge in [0, 0.05) is 32.3 Å². The number of amides is 2. The van der Waals surface area contributed by atoms with Crippen molar-refractivity contribution in [3.05, 3.63) is 0 Å². The lowest BCUT2D eigenvalue weighted by molar-refractivity contribution is -0.143. The molecule has 0 heterocycles. The number of ether oxygens (including phenoxy) is 2. The lowest BCUT2D eigenvalue weighted by Crippen LogP contribution is -2.44. The first kappa shape index (κ1) is 37.9. The zero-order valence-corrected chi connectivity index (χ0v) is 23.4. The largest absolute Gasteiger partial charge is 0.481 e. The average molecular weight is 616 g/mol. The van der Waals surface area contributed by atoms with Gasteiger partial charge in [0.2, 0.25) is 11.8 Å². The molecule has 0 aromatic heterocycles. The van der Waals surface area contributed by atoms with Crippen molar-refractivity contribution in [3.8, 4) is 0 Å². The number of hydrogen-bond acceptors (Lipinski definition) is 10. The molecule has 0 fully saturated rings. The van der Waals surface area contributed by atoms with Crippen LogP contribution in [-0.4, -0.2) is 112 Å². The topological polar surface area (TPSA) is 284 Å². The van der Waals surface area contributed by atoms with Crippen LogP contribution in [0.3, 0.4) is 0 Å². The number of hydrogen-bond donors (Lipinski definition) is 8. The zero-order valence-electron chi connectivity index (χ0n) is 22.5. The summed E-state index contributed by atoms with van der Waals surface area (Å²) in [7, 11) is -4.80. The Labute approximate surface area is 235 Å². The highest BCUT2D eigenvalue weighted by Gasteiger charge is 2.30. The summed E-state index contributed by atoms with van der Waals surface area (Å²) in [5, 5.41) is 42.4.